The van der Waals surface area contributed by atoms with Gasteiger partial charge in [-0.2, -0.15) is 5.26 Å². The maximum Gasteiger partial charge on any atom is 0.101 e. The maximum absolute atomic E-state index is 8.74. The number of nitriles is 1. The second-order valence-electron chi connectivity index (χ2n) is 2.98. The number of nitrogens with one attached hydrogen (secondary N) is 1. The van der Waals surface area contributed by atoms with Gasteiger partial charge in [0.15, 0.2) is 0 Å². The van der Waals surface area contributed by atoms with Crippen molar-refractivity contribution in [2.45, 2.75) is 6.92 Å². The number of hydrogen-bond donors (Lipinski definition) is 1. The Kier molecular flexibility index (Phi) is 1.75. The monoisotopic (exact) mass is 190 g/mol. The maximum atomic E-state index is 8.74. The lowest BCUT2D eigenvalue weighted by atomic mass is 10.2. The Morgan fingerprint density at radius 1 is 1.38 bits per heavy atom. The molecule has 0 amide bonds. The fourth-order valence-corrected chi connectivity index (χ4v) is 1.59. The van der Waals surface area contributed by atoms with Crippen LogP contribution < -0.4 is 0 Å². The number of nitrogens with zero attached hydrogens (tertiary/aromatic N) is 1. The van der Waals surface area contributed by atoms with E-state index in [0.717, 1.165) is 16.6 Å². The smallest absolute Gasteiger partial charge is 0.101 e. The molecule has 2 rings (SSSR count). The quantitative estimate of drug-likeness (QED) is 0.682. The number of rotatable bonds is 0. The molecule has 1 N–H and O–H groups in total. The number of aromatic nitrogens is 1. The minimum Gasteiger partial charge on any atom is -0.359 e. The van der Waals surface area contributed by atoms with Crippen molar-refractivity contribution in [1.82, 2.24) is 4.98 Å². The van der Waals surface area contributed by atoms with E-state index in [2.05, 4.69) is 11.1 Å². The van der Waals surface area contributed by atoms with E-state index in [4.69, 9.17) is 16.9 Å². The Labute approximate surface area is 80.7 Å². The van der Waals surface area contributed by atoms with Crippen molar-refractivity contribution in [3.8, 4) is 6.07 Å². The van der Waals surface area contributed by atoms with Crippen LogP contribution in [0.2, 0.25) is 5.02 Å². The fourth-order valence-electron chi connectivity index (χ4n) is 1.39. The van der Waals surface area contributed by atoms with Gasteiger partial charge in [0, 0.05) is 16.6 Å². The molecule has 3 heteroatoms. The first-order valence-corrected chi connectivity index (χ1v) is 4.27. The fraction of sp³-hybridized carbons (Fsp3) is 0.100. The van der Waals surface area contributed by atoms with Crippen LogP contribution in [0.25, 0.3) is 10.9 Å². The molecule has 0 bridgehead atoms. The van der Waals surface area contributed by atoms with Crippen molar-refractivity contribution < 1.29 is 0 Å². The topological polar surface area (TPSA) is 39.6 Å². The Balaban J connectivity index is 2.82. The first kappa shape index (κ1) is 8.15. The summed E-state index contributed by atoms with van der Waals surface area (Å²) in [6.07, 6.45) is 0. The van der Waals surface area contributed by atoms with E-state index in [-0.39, 0.29) is 0 Å². The summed E-state index contributed by atoms with van der Waals surface area (Å²) in [7, 11) is 0. The molecule has 0 spiro atoms. The first-order chi connectivity index (χ1) is 6.20. The van der Waals surface area contributed by atoms with Gasteiger partial charge in [0.05, 0.1) is 10.6 Å². The zero-order valence-electron chi connectivity index (χ0n) is 7.06. The third-order valence-electron chi connectivity index (χ3n) is 1.96. The molecule has 0 aliphatic rings. The number of benzene rings is 1. The molecule has 1 aromatic carbocycles. The Bertz CT molecular complexity index is 505. The molecule has 2 aromatic rings. The first-order valence-electron chi connectivity index (χ1n) is 3.89. The lowest BCUT2D eigenvalue weighted by molar-refractivity contribution is 1.30. The zero-order chi connectivity index (χ0) is 9.42. The summed E-state index contributed by atoms with van der Waals surface area (Å²) in [4.78, 5) is 3.16. The van der Waals surface area contributed by atoms with Crippen molar-refractivity contribution in [3.05, 3.63) is 34.5 Å². The van der Waals surface area contributed by atoms with Gasteiger partial charge in [-0.3, -0.25) is 0 Å². The molecular formula is C10H7ClN2. The molecule has 1 aromatic heterocycles. The minimum absolute atomic E-state index is 0.497. The highest BCUT2D eigenvalue weighted by Gasteiger charge is 2.03. The van der Waals surface area contributed by atoms with Crippen molar-refractivity contribution in [3.63, 3.8) is 0 Å². The SMILES string of the molecule is Cc1cc2cc(C#N)c(Cl)cc2[nH]1. The highest BCUT2D eigenvalue weighted by atomic mass is 35.5. The minimum atomic E-state index is 0.497. The summed E-state index contributed by atoms with van der Waals surface area (Å²) >= 11 is 5.87. The number of hydrogen-bond acceptors (Lipinski definition) is 1. The van der Waals surface area contributed by atoms with Gasteiger partial charge in [-0.05, 0) is 25.1 Å². The van der Waals surface area contributed by atoms with E-state index in [1.54, 1.807) is 12.1 Å². The predicted octanol–water partition coefficient (Wildman–Crippen LogP) is 3.00. The third-order valence-corrected chi connectivity index (χ3v) is 2.28. The second-order valence-corrected chi connectivity index (χ2v) is 3.39. The molecule has 1 heterocycles. The average Bonchev–Trinajstić information content (AvgIpc) is 2.42. The van der Waals surface area contributed by atoms with Gasteiger partial charge in [-0.25, -0.2) is 0 Å². The summed E-state index contributed by atoms with van der Waals surface area (Å²) < 4.78 is 0. The molecule has 0 radical (unpaired) electrons. The van der Waals surface area contributed by atoms with E-state index in [1.165, 1.54) is 0 Å². The molecule has 2 nitrogen and oxygen atoms in total. The van der Waals surface area contributed by atoms with E-state index >= 15 is 0 Å². The van der Waals surface area contributed by atoms with Crippen LogP contribution in [-0.2, 0) is 0 Å². The van der Waals surface area contributed by atoms with Crippen LogP contribution in [-0.4, -0.2) is 4.98 Å². The number of fused-ring (bicyclic) bond motifs is 1. The molecule has 13 heavy (non-hydrogen) atoms. The van der Waals surface area contributed by atoms with E-state index in [0.29, 0.717) is 10.6 Å². The van der Waals surface area contributed by atoms with E-state index in [9.17, 15) is 0 Å². The molecular weight excluding hydrogens is 184 g/mol. The van der Waals surface area contributed by atoms with Gasteiger partial charge in [-0.15, -0.1) is 0 Å². The number of aromatic amines is 1. The summed E-state index contributed by atoms with van der Waals surface area (Å²) in [5.74, 6) is 0. The molecule has 0 aliphatic carbocycles. The lowest BCUT2D eigenvalue weighted by Gasteiger charge is -1.94. The van der Waals surface area contributed by atoms with Crippen LogP contribution in [0.1, 0.15) is 11.3 Å². The molecule has 0 saturated heterocycles. The van der Waals surface area contributed by atoms with Crippen LogP contribution in [0.4, 0.5) is 0 Å². The van der Waals surface area contributed by atoms with Crippen LogP contribution in [0.15, 0.2) is 18.2 Å². The number of H-pyrrole nitrogens is 1. The van der Waals surface area contributed by atoms with Crippen LogP contribution in [0.3, 0.4) is 0 Å². The highest BCUT2D eigenvalue weighted by Crippen LogP contribution is 2.23. The summed E-state index contributed by atoms with van der Waals surface area (Å²) in [6.45, 7) is 1.97. The van der Waals surface area contributed by atoms with Crippen LogP contribution >= 0.6 is 11.6 Å². The Morgan fingerprint density at radius 2 is 2.15 bits per heavy atom. The van der Waals surface area contributed by atoms with Gasteiger partial charge >= 0.3 is 0 Å². The van der Waals surface area contributed by atoms with Crippen LogP contribution in [0, 0.1) is 18.3 Å². The largest absolute Gasteiger partial charge is 0.359 e. The molecule has 64 valence electrons. The van der Waals surface area contributed by atoms with Gasteiger partial charge in [0.25, 0.3) is 0 Å². The molecule has 0 atom stereocenters. The lowest BCUT2D eigenvalue weighted by Crippen LogP contribution is -1.76. The molecule has 0 aliphatic heterocycles. The normalized spacial score (nSPS) is 10.2. The molecule has 0 fully saturated rings. The van der Waals surface area contributed by atoms with Gasteiger partial charge in [0.2, 0.25) is 0 Å². The van der Waals surface area contributed by atoms with Crippen molar-refractivity contribution >= 4 is 22.5 Å². The van der Waals surface area contributed by atoms with Gasteiger partial charge in [0.1, 0.15) is 6.07 Å². The zero-order valence-corrected chi connectivity index (χ0v) is 7.81. The average molecular weight is 191 g/mol. The van der Waals surface area contributed by atoms with E-state index in [1.807, 2.05) is 13.0 Å². The van der Waals surface area contributed by atoms with Crippen molar-refractivity contribution in [1.29, 1.82) is 5.26 Å². The Morgan fingerprint density at radius 3 is 2.85 bits per heavy atom. The van der Waals surface area contributed by atoms with Gasteiger partial charge in [-0.1, -0.05) is 11.6 Å². The highest BCUT2D eigenvalue weighted by molar-refractivity contribution is 6.32. The second kappa shape index (κ2) is 2.79. The van der Waals surface area contributed by atoms with Crippen molar-refractivity contribution in [2.24, 2.45) is 0 Å². The molecule has 0 saturated carbocycles. The third kappa shape index (κ3) is 1.28. The van der Waals surface area contributed by atoms with E-state index < -0.39 is 0 Å². The standard InChI is InChI=1S/C10H7ClN2/c1-6-2-7-3-8(5-12)9(11)4-10(7)13-6/h2-4,13H,1H3. The number of aryl methyl sites for hydroxylation is 1. The van der Waals surface area contributed by atoms with Crippen LogP contribution in [0.5, 0.6) is 0 Å². The number of halogens is 1. The summed E-state index contributed by atoms with van der Waals surface area (Å²) in [5, 5.41) is 10.3. The summed E-state index contributed by atoms with van der Waals surface area (Å²) in [5.41, 5.74) is 2.57. The summed E-state index contributed by atoms with van der Waals surface area (Å²) in [6, 6.07) is 7.62. The Hall–Kier alpha value is -1.46. The van der Waals surface area contributed by atoms with Gasteiger partial charge < -0.3 is 4.98 Å². The molecule has 0 unspecified atom stereocenters. The van der Waals surface area contributed by atoms with Crippen molar-refractivity contribution in [2.75, 3.05) is 0 Å². The predicted molar refractivity (Wildman–Crippen MR) is 52.8 cm³/mol.